The molecule has 3 nitrogen and oxygen atoms in total. The minimum Gasteiger partial charge on any atom is -0.490 e. The van der Waals surface area contributed by atoms with Crippen LogP contribution in [0.2, 0.25) is 0 Å². The predicted molar refractivity (Wildman–Crippen MR) is 75.0 cm³/mol. The molecule has 104 valence electrons. The number of aldehydes is 1. The molecule has 0 amide bonds. The number of para-hydroxylation sites is 1. The molecule has 1 fully saturated rings. The fourth-order valence-corrected chi connectivity index (χ4v) is 2.53. The van der Waals surface area contributed by atoms with Crippen LogP contribution in [0.4, 0.5) is 0 Å². The molecule has 0 radical (unpaired) electrons. The van der Waals surface area contributed by atoms with E-state index in [0.29, 0.717) is 23.7 Å². The Morgan fingerprint density at radius 2 is 2.00 bits per heavy atom. The van der Waals surface area contributed by atoms with Crippen LogP contribution in [0.5, 0.6) is 11.5 Å². The molecule has 1 aromatic rings. The summed E-state index contributed by atoms with van der Waals surface area (Å²) in [4.78, 5) is 11.1. The Labute approximate surface area is 114 Å². The minimum absolute atomic E-state index is 0.205. The van der Waals surface area contributed by atoms with Gasteiger partial charge in [-0.05, 0) is 50.7 Å². The van der Waals surface area contributed by atoms with Gasteiger partial charge in [-0.3, -0.25) is 4.79 Å². The monoisotopic (exact) mass is 262 g/mol. The van der Waals surface area contributed by atoms with Crippen LogP contribution < -0.4 is 9.47 Å². The average Bonchev–Trinajstić information content (AvgIpc) is 2.43. The smallest absolute Gasteiger partial charge is 0.172 e. The number of benzene rings is 1. The summed E-state index contributed by atoms with van der Waals surface area (Å²) in [5, 5.41) is 0. The van der Waals surface area contributed by atoms with Crippen molar-refractivity contribution in [3.63, 3.8) is 0 Å². The zero-order chi connectivity index (χ0) is 13.7. The van der Waals surface area contributed by atoms with Crippen molar-refractivity contribution in [2.75, 3.05) is 6.61 Å². The lowest BCUT2D eigenvalue weighted by Gasteiger charge is -2.28. The molecule has 0 spiro atoms. The predicted octanol–water partition coefficient (Wildman–Crippen LogP) is 3.86. The molecule has 3 heteroatoms. The number of ether oxygens (including phenoxy) is 2. The Bertz CT molecular complexity index is 420. The van der Waals surface area contributed by atoms with Crippen molar-refractivity contribution in [2.24, 2.45) is 5.92 Å². The zero-order valence-electron chi connectivity index (χ0n) is 11.7. The molecule has 19 heavy (non-hydrogen) atoms. The summed E-state index contributed by atoms with van der Waals surface area (Å²) >= 11 is 0. The molecular formula is C16H22O3. The van der Waals surface area contributed by atoms with Gasteiger partial charge in [0.05, 0.1) is 18.3 Å². The summed E-state index contributed by atoms with van der Waals surface area (Å²) in [5.74, 6) is 2.07. The number of carbonyl (C=O) groups is 1. The first-order chi connectivity index (χ1) is 9.24. The molecule has 0 saturated heterocycles. The van der Waals surface area contributed by atoms with Crippen LogP contribution in [-0.2, 0) is 0 Å². The molecule has 0 aliphatic heterocycles. The average molecular weight is 262 g/mol. The highest BCUT2D eigenvalue weighted by molar-refractivity contribution is 5.81. The molecule has 0 bridgehead atoms. The van der Waals surface area contributed by atoms with Crippen LogP contribution in [0.3, 0.4) is 0 Å². The molecule has 2 rings (SSSR count). The lowest BCUT2D eigenvalue weighted by atomic mass is 9.89. The molecule has 0 heterocycles. The van der Waals surface area contributed by atoms with Crippen LogP contribution in [0, 0.1) is 5.92 Å². The Morgan fingerprint density at radius 3 is 2.63 bits per heavy atom. The third-order valence-electron chi connectivity index (χ3n) is 3.68. The molecule has 1 aliphatic rings. The highest BCUT2D eigenvalue weighted by Crippen LogP contribution is 2.34. The minimum atomic E-state index is 0.205. The molecule has 0 aromatic heterocycles. The molecular weight excluding hydrogens is 240 g/mol. The van der Waals surface area contributed by atoms with E-state index in [1.807, 2.05) is 19.1 Å². The Kier molecular flexibility index (Phi) is 4.83. The van der Waals surface area contributed by atoms with Crippen LogP contribution in [-0.4, -0.2) is 19.0 Å². The van der Waals surface area contributed by atoms with E-state index in [0.717, 1.165) is 25.0 Å². The van der Waals surface area contributed by atoms with Crippen molar-refractivity contribution in [2.45, 2.75) is 45.6 Å². The van der Waals surface area contributed by atoms with Gasteiger partial charge in [0.1, 0.15) is 0 Å². The van der Waals surface area contributed by atoms with Crippen molar-refractivity contribution in [3.8, 4) is 11.5 Å². The quantitative estimate of drug-likeness (QED) is 0.756. The number of carbonyl (C=O) groups excluding carboxylic acids is 1. The van der Waals surface area contributed by atoms with Gasteiger partial charge in [-0.2, -0.15) is 0 Å². The van der Waals surface area contributed by atoms with Gasteiger partial charge in [0.2, 0.25) is 0 Å². The van der Waals surface area contributed by atoms with E-state index >= 15 is 0 Å². The van der Waals surface area contributed by atoms with Gasteiger partial charge in [-0.15, -0.1) is 0 Å². The van der Waals surface area contributed by atoms with E-state index in [-0.39, 0.29) is 6.10 Å². The summed E-state index contributed by atoms with van der Waals surface area (Å²) < 4.78 is 11.6. The summed E-state index contributed by atoms with van der Waals surface area (Å²) in [6.07, 6.45) is 5.54. The first kappa shape index (κ1) is 13.9. The van der Waals surface area contributed by atoms with Crippen molar-refractivity contribution in [3.05, 3.63) is 23.8 Å². The number of hydrogen-bond donors (Lipinski definition) is 0. The topological polar surface area (TPSA) is 35.5 Å². The summed E-state index contributed by atoms with van der Waals surface area (Å²) in [6.45, 7) is 4.78. The van der Waals surface area contributed by atoms with Gasteiger partial charge in [0.25, 0.3) is 0 Å². The third-order valence-corrected chi connectivity index (χ3v) is 3.68. The van der Waals surface area contributed by atoms with Crippen LogP contribution in [0.1, 0.15) is 49.9 Å². The summed E-state index contributed by atoms with van der Waals surface area (Å²) in [6, 6.07) is 5.46. The van der Waals surface area contributed by atoms with Gasteiger partial charge >= 0.3 is 0 Å². The maximum atomic E-state index is 11.1. The second kappa shape index (κ2) is 6.60. The second-order valence-electron chi connectivity index (χ2n) is 5.23. The third kappa shape index (κ3) is 3.49. The van der Waals surface area contributed by atoms with E-state index in [1.165, 1.54) is 12.8 Å². The fraction of sp³-hybridized carbons (Fsp3) is 0.562. The lowest BCUT2D eigenvalue weighted by Crippen LogP contribution is -2.23. The van der Waals surface area contributed by atoms with Gasteiger partial charge < -0.3 is 9.47 Å². The van der Waals surface area contributed by atoms with Gasteiger partial charge in [0.15, 0.2) is 17.8 Å². The standard InChI is InChI=1S/C16H22O3/c1-3-18-15-6-4-5-13(11-17)16(15)19-14-9-7-12(2)8-10-14/h4-6,11-12,14H,3,7-10H2,1-2H3. The fourth-order valence-electron chi connectivity index (χ4n) is 2.53. The van der Waals surface area contributed by atoms with Gasteiger partial charge in [-0.25, -0.2) is 0 Å². The van der Waals surface area contributed by atoms with Crippen molar-refractivity contribution in [1.29, 1.82) is 0 Å². The SMILES string of the molecule is CCOc1cccc(C=O)c1OC1CCC(C)CC1. The highest BCUT2D eigenvalue weighted by atomic mass is 16.5. The van der Waals surface area contributed by atoms with Gasteiger partial charge in [0, 0.05) is 0 Å². The number of rotatable bonds is 5. The van der Waals surface area contributed by atoms with Crippen molar-refractivity contribution < 1.29 is 14.3 Å². The Morgan fingerprint density at radius 1 is 1.26 bits per heavy atom. The highest BCUT2D eigenvalue weighted by Gasteiger charge is 2.22. The largest absolute Gasteiger partial charge is 0.490 e. The lowest BCUT2D eigenvalue weighted by molar-refractivity contribution is 0.109. The molecule has 1 saturated carbocycles. The van der Waals surface area contributed by atoms with E-state index in [1.54, 1.807) is 6.07 Å². The normalized spacial score (nSPS) is 22.8. The first-order valence-corrected chi connectivity index (χ1v) is 7.12. The van der Waals surface area contributed by atoms with E-state index in [2.05, 4.69) is 6.92 Å². The van der Waals surface area contributed by atoms with Crippen LogP contribution in [0.25, 0.3) is 0 Å². The molecule has 1 aliphatic carbocycles. The van der Waals surface area contributed by atoms with Crippen molar-refractivity contribution in [1.82, 2.24) is 0 Å². The zero-order valence-corrected chi connectivity index (χ0v) is 11.7. The van der Waals surface area contributed by atoms with Crippen molar-refractivity contribution >= 4 is 6.29 Å². The first-order valence-electron chi connectivity index (χ1n) is 7.12. The van der Waals surface area contributed by atoms with Crippen LogP contribution >= 0.6 is 0 Å². The molecule has 0 atom stereocenters. The maximum Gasteiger partial charge on any atom is 0.172 e. The molecule has 1 aromatic carbocycles. The summed E-state index contributed by atoms with van der Waals surface area (Å²) in [7, 11) is 0. The van der Waals surface area contributed by atoms with Crippen LogP contribution in [0.15, 0.2) is 18.2 Å². The summed E-state index contributed by atoms with van der Waals surface area (Å²) in [5.41, 5.74) is 0.574. The Balaban J connectivity index is 2.15. The van der Waals surface area contributed by atoms with E-state index in [4.69, 9.17) is 9.47 Å². The van der Waals surface area contributed by atoms with Gasteiger partial charge in [-0.1, -0.05) is 13.0 Å². The molecule has 0 unspecified atom stereocenters. The van der Waals surface area contributed by atoms with E-state index in [9.17, 15) is 4.79 Å². The number of hydrogen-bond acceptors (Lipinski definition) is 3. The maximum absolute atomic E-state index is 11.1. The second-order valence-corrected chi connectivity index (χ2v) is 5.23. The Hall–Kier alpha value is -1.51. The molecule has 0 N–H and O–H groups in total. The van der Waals surface area contributed by atoms with E-state index < -0.39 is 0 Å².